The normalized spacial score (nSPS) is 12.8. The second-order valence-electron chi connectivity index (χ2n) is 5.51. The molecule has 0 fully saturated rings. The van der Waals surface area contributed by atoms with Gasteiger partial charge in [-0.15, -0.1) is 4.91 Å². The number of nitrogens with zero attached hydrogens (tertiary/aromatic N) is 5. The predicted octanol–water partition coefficient (Wildman–Crippen LogP) is 3.60. The van der Waals surface area contributed by atoms with Gasteiger partial charge in [0.1, 0.15) is 5.84 Å². The van der Waals surface area contributed by atoms with E-state index in [0.29, 0.717) is 30.6 Å². The maximum atomic E-state index is 10.6. The van der Waals surface area contributed by atoms with Crippen molar-refractivity contribution in [2.45, 2.75) is 41.0 Å². The van der Waals surface area contributed by atoms with Gasteiger partial charge in [0.25, 0.3) is 0 Å². The van der Waals surface area contributed by atoms with E-state index in [1.807, 2.05) is 39.8 Å². The third-order valence-corrected chi connectivity index (χ3v) is 3.22. The number of hydroxylamine groups is 1. The minimum Gasteiger partial charge on any atom is -0.328 e. The van der Waals surface area contributed by atoms with Gasteiger partial charge in [-0.1, -0.05) is 6.92 Å². The summed E-state index contributed by atoms with van der Waals surface area (Å²) in [5.41, 5.74) is 5.13. The van der Waals surface area contributed by atoms with E-state index < -0.39 is 0 Å². The number of nitrogens with one attached hydrogen (secondary N) is 2. The molecule has 0 aliphatic heterocycles. The molecule has 1 aromatic rings. The average Bonchev–Trinajstić information content (AvgIpc) is 2.59. The summed E-state index contributed by atoms with van der Waals surface area (Å²) in [5, 5.41) is 7.32. The number of amidine groups is 1. The summed E-state index contributed by atoms with van der Waals surface area (Å²) in [5.74, 6) is 1.56. The Hall–Kier alpha value is -2.81. The van der Waals surface area contributed by atoms with Gasteiger partial charge in [-0.05, 0) is 46.3 Å². The number of hydrogen-bond donors (Lipinski definition) is 2. The SMILES string of the molecule is CCONC(C)=Nc1cc(C)nc(N/C(C)=C/C=C(\CC)N(C)N=O)n1. The number of nitroso groups, excluding NO2 is 1. The highest BCUT2D eigenvalue weighted by atomic mass is 16.6. The summed E-state index contributed by atoms with van der Waals surface area (Å²) in [4.78, 5) is 28.8. The lowest BCUT2D eigenvalue weighted by Gasteiger charge is -2.11. The van der Waals surface area contributed by atoms with Gasteiger partial charge in [-0.3, -0.25) is 10.3 Å². The third-order valence-electron chi connectivity index (χ3n) is 3.22. The van der Waals surface area contributed by atoms with Crippen LogP contribution in [0.2, 0.25) is 0 Å². The van der Waals surface area contributed by atoms with Gasteiger partial charge in [0, 0.05) is 30.2 Å². The predicted molar refractivity (Wildman–Crippen MR) is 104 cm³/mol. The highest BCUT2D eigenvalue weighted by Gasteiger charge is 2.04. The molecule has 0 saturated heterocycles. The fraction of sp³-hybridized carbons (Fsp3) is 0.471. The lowest BCUT2D eigenvalue weighted by molar-refractivity contribution is 0.0965. The first-order valence-corrected chi connectivity index (χ1v) is 8.39. The Kier molecular flexibility index (Phi) is 8.93. The highest BCUT2D eigenvalue weighted by Crippen LogP contribution is 2.15. The lowest BCUT2D eigenvalue weighted by atomic mass is 10.3. The first-order chi connectivity index (χ1) is 12.4. The number of anilines is 1. The molecule has 142 valence electrons. The van der Waals surface area contributed by atoms with Gasteiger partial charge in [-0.2, -0.15) is 4.98 Å². The summed E-state index contributed by atoms with van der Waals surface area (Å²) in [6, 6.07) is 1.78. The Bertz CT molecular complexity index is 698. The number of aryl methyl sites for hydroxylation is 1. The standard InChI is InChI=1S/C17H27N7O2/c1-7-15(24(6)23-25)10-9-12(3)18-17-19-13(4)11-16(21-17)20-14(5)22-26-8-2/h9-11H,7-8H2,1-6H3,(H2,18,19,20,21,22)/b12-9+,15-10+. The molecule has 9 heteroatoms. The summed E-state index contributed by atoms with van der Waals surface area (Å²) < 4.78 is 0. The van der Waals surface area contributed by atoms with Gasteiger partial charge < -0.3 is 5.32 Å². The molecule has 2 N–H and O–H groups in total. The second-order valence-corrected chi connectivity index (χ2v) is 5.51. The molecular weight excluding hydrogens is 334 g/mol. The van der Waals surface area contributed by atoms with Crippen LogP contribution in [0, 0.1) is 11.8 Å². The molecule has 0 amide bonds. The summed E-state index contributed by atoms with van der Waals surface area (Å²) in [6.07, 6.45) is 4.36. The number of allylic oxidation sites excluding steroid dienone is 4. The molecule has 0 bridgehead atoms. The molecular formula is C17H27N7O2. The molecule has 1 aromatic heterocycles. The Morgan fingerprint density at radius 3 is 2.65 bits per heavy atom. The van der Waals surface area contributed by atoms with Gasteiger partial charge in [0.05, 0.1) is 11.9 Å². The smallest absolute Gasteiger partial charge is 0.229 e. The minimum absolute atomic E-state index is 0.440. The molecule has 9 nitrogen and oxygen atoms in total. The van der Waals surface area contributed by atoms with Crippen LogP contribution in [-0.4, -0.2) is 34.5 Å². The largest absolute Gasteiger partial charge is 0.328 e. The van der Waals surface area contributed by atoms with E-state index in [0.717, 1.165) is 17.1 Å². The second kappa shape index (κ2) is 10.9. The van der Waals surface area contributed by atoms with Crippen LogP contribution in [0.25, 0.3) is 0 Å². The average molecular weight is 361 g/mol. The van der Waals surface area contributed by atoms with E-state index in [9.17, 15) is 4.91 Å². The summed E-state index contributed by atoms with van der Waals surface area (Å²) in [7, 11) is 1.62. The van der Waals surface area contributed by atoms with Crippen molar-refractivity contribution in [3.8, 4) is 0 Å². The molecule has 0 aliphatic carbocycles. The zero-order chi connectivity index (χ0) is 19.5. The topological polar surface area (TPSA) is 104 Å². The van der Waals surface area contributed by atoms with Crippen molar-refractivity contribution in [1.29, 1.82) is 0 Å². The van der Waals surface area contributed by atoms with Crippen molar-refractivity contribution in [1.82, 2.24) is 20.5 Å². The van der Waals surface area contributed by atoms with E-state index >= 15 is 0 Å². The van der Waals surface area contributed by atoms with Crippen molar-refractivity contribution in [3.63, 3.8) is 0 Å². The van der Waals surface area contributed by atoms with Crippen LogP contribution < -0.4 is 10.8 Å². The van der Waals surface area contributed by atoms with Crippen molar-refractivity contribution >= 4 is 17.6 Å². The van der Waals surface area contributed by atoms with Gasteiger partial charge >= 0.3 is 0 Å². The molecule has 0 unspecified atom stereocenters. The van der Waals surface area contributed by atoms with E-state index in [1.165, 1.54) is 5.01 Å². The maximum Gasteiger partial charge on any atom is 0.229 e. The molecule has 0 spiro atoms. The quantitative estimate of drug-likeness (QED) is 0.228. The number of hydrogen-bond acceptors (Lipinski definition) is 7. The Morgan fingerprint density at radius 1 is 1.31 bits per heavy atom. The maximum absolute atomic E-state index is 10.6. The van der Waals surface area contributed by atoms with Crippen molar-refractivity contribution in [3.05, 3.63) is 40.2 Å². The van der Waals surface area contributed by atoms with E-state index in [4.69, 9.17) is 4.84 Å². The number of rotatable bonds is 9. The number of aliphatic imine (C=N–C) groups is 1. The van der Waals surface area contributed by atoms with Crippen molar-refractivity contribution in [2.24, 2.45) is 10.3 Å². The van der Waals surface area contributed by atoms with E-state index in [1.54, 1.807) is 20.0 Å². The lowest BCUT2D eigenvalue weighted by Crippen LogP contribution is -2.20. The van der Waals surface area contributed by atoms with Crippen LogP contribution in [0.4, 0.5) is 11.8 Å². The van der Waals surface area contributed by atoms with Crippen LogP contribution in [0.1, 0.15) is 39.8 Å². The molecule has 0 aromatic carbocycles. The van der Waals surface area contributed by atoms with Crippen LogP contribution in [0.5, 0.6) is 0 Å². The van der Waals surface area contributed by atoms with E-state index in [2.05, 4.69) is 31.0 Å². The molecule has 0 aliphatic rings. The Labute approximate surface area is 154 Å². The third kappa shape index (κ3) is 7.39. The number of aromatic nitrogens is 2. The van der Waals surface area contributed by atoms with Crippen molar-refractivity contribution in [2.75, 3.05) is 19.0 Å². The minimum atomic E-state index is 0.440. The molecule has 1 heterocycles. The zero-order valence-corrected chi connectivity index (χ0v) is 16.2. The van der Waals surface area contributed by atoms with Gasteiger partial charge in [-0.25, -0.2) is 15.0 Å². The van der Waals surface area contributed by atoms with Crippen LogP contribution in [0.3, 0.4) is 0 Å². The molecule has 0 atom stereocenters. The zero-order valence-electron chi connectivity index (χ0n) is 16.2. The molecule has 0 saturated carbocycles. The van der Waals surface area contributed by atoms with Crippen molar-refractivity contribution < 1.29 is 4.84 Å². The van der Waals surface area contributed by atoms with Crippen LogP contribution >= 0.6 is 0 Å². The van der Waals surface area contributed by atoms with Crippen LogP contribution in [-0.2, 0) is 4.84 Å². The summed E-state index contributed by atoms with van der Waals surface area (Å²) in [6.45, 7) is 9.92. The summed E-state index contributed by atoms with van der Waals surface area (Å²) >= 11 is 0. The van der Waals surface area contributed by atoms with Crippen LogP contribution in [0.15, 0.2) is 39.9 Å². The molecule has 1 rings (SSSR count). The van der Waals surface area contributed by atoms with E-state index in [-0.39, 0.29) is 0 Å². The molecule has 0 radical (unpaired) electrons. The first-order valence-electron chi connectivity index (χ1n) is 8.39. The van der Waals surface area contributed by atoms with Gasteiger partial charge in [0.15, 0.2) is 5.82 Å². The Morgan fingerprint density at radius 2 is 2.04 bits per heavy atom. The molecule has 26 heavy (non-hydrogen) atoms. The monoisotopic (exact) mass is 361 g/mol. The fourth-order valence-electron chi connectivity index (χ4n) is 1.98. The fourth-order valence-corrected chi connectivity index (χ4v) is 1.98. The Balaban J connectivity index is 2.94. The highest BCUT2D eigenvalue weighted by molar-refractivity contribution is 5.80. The first kappa shape index (κ1) is 21.2. The van der Waals surface area contributed by atoms with Gasteiger partial charge in [0.2, 0.25) is 5.95 Å².